The van der Waals surface area contributed by atoms with Crippen LogP contribution < -0.4 is 20.1 Å². The van der Waals surface area contributed by atoms with Crippen molar-refractivity contribution in [3.63, 3.8) is 0 Å². The average molecular weight is 909 g/mol. The molecule has 0 radical (unpaired) electrons. The minimum atomic E-state index is -3.73. The predicted molar refractivity (Wildman–Crippen MR) is 245 cm³/mol. The molecule has 0 saturated carbocycles. The molecule has 0 bridgehead atoms. The Bertz CT molecular complexity index is 2680. The number of benzene rings is 3. The topological polar surface area (TPSA) is 176 Å². The second-order valence-corrected chi connectivity index (χ2v) is 20.5. The second kappa shape index (κ2) is 18.7. The smallest absolute Gasteiger partial charge is 0.236 e. The number of piperidine rings is 2. The predicted octanol–water partition coefficient (Wildman–Crippen LogP) is 7.55. The number of ether oxygens (including phenoxy) is 1. The summed E-state index contributed by atoms with van der Waals surface area (Å²) < 4.78 is 50.0. The number of imide groups is 1. The molecule has 5 heterocycles. The number of carbonyl (C=O) groups is 3. The van der Waals surface area contributed by atoms with Crippen LogP contribution in [0, 0.1) is 5.82 Å². The van der Waals surface area contributed by atoms with Crippen molar-refractivity contribution in [2.75, 3.05) is 42.0 Å². The van der Waals surface area contributed by atoms with Crippen molar-refractivity contribution in [2.24, 2.45) is 0 Å². The van der Waals surface area contributed by atoms with E-state index in [1.165, 1.54) is 23.0 Å². The van der Waals surface area contributed by atoms with E-state index in [1.807, 2.05) is 56.0 Å². The van der Waals surface area contributed by atoms with E-state index in [0.29, 0.717) is 91.9 Å². The normalized spacial score (nSPS) is 17.5. The van der Waals surface area contributed by atoms with Gasteiger partial charge in [0.1, 0.15) is 11.9 Å². The fourth-order valence-electron chi connectivity index (χ4n) is 8.30. The Kier molecular flexibility index (Phi) is 13.1. The lowest BCUT2D eigenvalue weighted by atomic mass is 9.87. The van der Waals surface area contributed by atoms with Gasteiger partial charge in [-0.3, -0.25) is 29.3 Å². The van der Waals surface area contributed by atoms with Crippen molar-refractivity contribution in [1.82, 2.24) is 30.1 Å². The number of halogens is 1. The van der Waals surface area contributed by atoms with Crippen LogP contribution in [0.2, 0.25) is 0 Å². The summed E-state index contributed by atoms with van der Waals surface area (Å²) in [4.78, 5) is 56.3. The number of fused-ring (bicyclic) bond motifs is 1. The van der Waals surface area contributed by atoms with Crippen LogP contribution in [0.25, 0.3) is 21.8 Å². The first-order chi connectivity index (χ1) is 30.6. The summed E-state index contributed by atoms with van der Waals surface area (Å²) in [5.41, 5.74) is 4.54. The molecule has 8 rings (SSSR count). The summed E-state index contributed by atoms with van der Waals surface area (Å²) >= 11 is 1.40. The van der Waals surface area contributed by atoms with Gasteiger partial charge >= 0.3 is 0 Å². The number of nitrogens with one attached hydrogen (secondary N) is 3. The van der Waals surface area contributed by atoms with Crippen LogP contribution in [-0.4, -0.2) is 88.9 Å². The fraction of sp³-hybridized carbons (Fsp3) is 0.404. The van der Waals surface area contributed by atoms with Crippen molar-refractivity contribution in [1.29, 1.82) is 0 Å². The fourth-order valence-corrected chi connectivity index (χ4v) is 10.5. The van der Waals surface area contributed by atoms with E-state index in [9.17, 15) is 22.8 Å². The van der Waals surface area contributed by atoms with Gasteiger partial charge in [0.2, 0.25) is 33.7 Å². The van der Waals surface area contributed by atoms with Crippen molar-refractivity contribution in [3.05, 3.63) is 100 Å². The van der Waals surface area contributed by atoms with Crippen LogP contribution in [0.5, 0.6) is 5.75 Å². The van der Waals surface area contributed by atoms with E-state index >= 15 is 4.39 Å². The molecule has 3 aliphatic rings. The largest absolute Gasteiger partial charge is 0.490 e. The number of thiazole rings is 1. The molecule has 17 heteroatoms. The molecule has 1 atom stereocenters. The average Bonchev–Trinajstić information content (AvgIpc) is 3.71. The maximum absolute atomic E-state index is 16.1. The quantitative estimate of drug-likeness (QED) is 0.0996. The lowest BCUT2D eigenvalue weighted by Gasteiger charge is -2.35. The summed E-state index contributed by atoms with van der Waals surface area (Å²) in [6.07, 6.45) is 5.01. The Balaban J connectivity index is 0.878. The highest BCUT2D eigenvalue weighted by atomic mass is 32.2. The zero-order valence-electron chi connectivity index (χ0n) is 36.4. The molecular weight excluding hydrogens is 856 g/mol. The minimum Gasteiger partial charge on any atom is -0.490 e. The molecule has 0 unspecified atom stereocenters. The lowest BCUT2D eigenvalue weighted by molar-refractivity contribution is -0.135. The summed E-state index contributed by atoms with van der Waals surface area (Å²) in [7, 11) is -3.73. The van der Waals surface area contributed by atoms with Gasteiger partial charge in [0, 0.05) is 74.4 Å². The molecule has 5 aromatic rings. The molecule has 0 spiro atoms. The zero-order chi connectivity index (χ0) is 45.2. The van der Waals surface area contributed by atoms with Gasteiger partial charge in [-0.1, -0.05) is 58.0 Å². The van der Waals surface area contributed by atoms with Crippen molar-refractivity contribution >= 4 is 56.4 Å². The number of sulfonamides is 1. The first kappa shape index (κ1) is 44.8. The second-order valence-electron chi connectivity index (χ2n) is 17.6. The number of rotatable bonds is 13. The highest BCUT2D eigenvalue weighted by Crippen LogP contribution is 2.42. The molecule has 64 heavy (non-hydrogen) atoms. The summed E-state index contributed by atoms with van der Waals surface area (Å²) in [6.45, 7) is 10.8. The molecular formula is C47H53FN8O6S2. The van der Waals surface area contributed by atoms with Gasteiger partial charge in [0.25, 0.3) is 0 Å². The van der Waals surface area contributed by atoms with Gasteiger partial charge in [0.15, 0.2) is 5.82 Å². The SMILES string of the molecule is CCCS(=O)(=O)Nc1cccc(-c2nc(C(C)(C)C)sc2-c2ccnc(Nc3cccc(OC4CCN(C(=O)CN5CCc6cc([C@H]7CCC(=O)NC7=O)ccc6C5)CC4)c3)n2)c1F. The van der Waals surface area contributed by atoms with Crippen LogP contribution in [0.15, 0.2) is 72.9 Å². The third-order valence-electron chi connectivity index (χ3n) is 11.7. The van der Waals surface area contributed by atoms with Gasteiger partial charge in [-0.15, -0.1) is 11.3 Å². The Labute approximate surface area is 377 Å². The molecule has 336 valence electrons. The molecule has 14 nitrogen and oxygen atoms in total. The number of nitrogens with zero attached hydrogens (tertiary/aromatic N) is 5. The molecule has 2 aromatic heterocycles. The maximum Gasteiger partial charge on any atom is 0.236 e. The molecule has 3 amide bonds. The number of likely N-dealkylation sites (tertiary alicyclic amines) is 1. The number of hydrogen-bond donors (Lipinski definition) is 3. The third kappa shape index (κ3) is 10.4. The van der Waals surface area contributed by atoms with Crippen LogP contribution in [-0.2, 0) is 42.8 Å². The van der Waals surface area contributed by atoms with Gasteiger partial charge in [-0.25, -0.2) is 27.8 Å². The molecule has 2 saturated heterocycles. The van der Waals surface area contributed by atoms with Crippen LogP contribution in [0.3, 0.4) is 0 Å². The van der Waals surface area contributed by atoms with Crippen LogP contribution in [0.1, 0.15) is 87.4 Å². The Hall–Kier alpha value is -5.78. The highest BCUT2D eigenvalue weighted by molar-refractivity contribution is 7.92. The number of amides is 3. The van der Waals surface area contributed by atoms with Crippen molar-refractivity contribution in [3.8, 4) is 27.6 Å². The van der Waals surface area contributed by atoms with Crippen LogP contribution in [0.4, 0.5) is 21.7 Å². The summed E-state index contributed by atoms with van der Waals surface area (Å²) in [5.74, 6) is -0.515. The van der Waals surface area contributed by atoms with Crippen molar-refractivity contribution in [2.45, 2.75) is 90.2 Å². The molecule has 3 aromatic carbocycles. The molecule has 3 aliphatic heterocycles. The first-order valence-electron chi connectivity index (χ1n) is 21.8. The van der Waals surface area contributed by atoms with E-state index < -0.39 is 15.8 Å². The van der Waals surface area contributed by atoms with Gasteiger partial charge in [-0.05, 0) is 66.3 Å². The number of hydrogen-bond acceptors (Lipinski definition) is 12. The van der Waals surface area contributed by atoms with E-state index in [2.05, 4.69) is 37.4 Å². The molecule has 2 fully saturated rings. The first-order valence-corrected chi connectivity index (χ1v) is 24.2. The third-order valence-corrected chi connectivity index (χ3v) is 14.6. The highest BCUT2D eigenvalue weighted by Gasteiger charge is 2.31. The van der Waals surface area contributed by atoms with Gasteiger partial charge < -0.3 is 15.0 Å². The van der Waals surface area contributed by atoms with Crippen molar-refractivity contribution < 1.29 is 31.9 Å². The summed E-state index contributed by atoms with van der Waals surface area (Å²) in [5, 5.41) is 6.50. The van der Waals surface area contributed by atoms with Gasteiger partial charge in [0.05, 0.1) is 45.2 Å². The number of carbonyl (C=O) groups excluding carboxylic acids is 3. The number of anilines is 3. The minimum absolute atomic E-state index is 0.0677. The summed E-state index contributed by atoms with van der Waals surface area (Å²) in [6, 6.07) is 20.0. The maximum atomic E-state index is 16.1. The monoisotopic (exact) mass is 908 g/mol. The van der Waals surface area contributed by atoms with Gasteiger partial charge in [-0.2, -0.15) is 0 Å². The Morgan fingerprint density at radius 2 is 1.77 bits per heavy atom. The molecule has 3 N–H and O–H groups in total. The Morgan fingerprint density at radius 1 is 0.969 bits per heavy atom. The van der Waals surface area contributed by atoms with Crippen LogP contribution >= 0.6 is 11.3 Å². The van der Waals surface area contributed by atoms with E-state index in [4.69, 9.17) is 14.7 Å². The van der Waals surface area contributed by atoms with E-state index in [1.54, 1.807) is 31.3 Å². The molecule has 0 aliphatic carbocycles. The van der Waals surface area contributed by atoms with E-state index in [0.717, 1.165) is 29.1 Å². The lowest BCUT2D eigenvalue weighted by Crippen LogP contribution is -2.46. The zero-order valence-corrected chi connectivity index (χ0v) is 38.1. The number of aromatic nitrogens is 3. The van der Waals surface area contributed by atoms with E-state index in [-0.39, 0.29) is 52.2 Å². The standard InChI is InChI=1S/C47H53FN8O6S2/c1-5-24-64(60,61)54-37-11-7-10-36(41(37)48)42-43(63-45(53-42)47(2,3)4)38-16-20-49-46(51-38)50-32-8-6-9-34(26-32)62-33-18-22-56(23-19-33)40(58)28-55-21-17-29-25-30(12-13-31(29)27-55)35-14-15-39(57)52-44(35)59/h6-13,16,20,25-26,33,35,54H,5,14-15,17-19,21-24,27-28H2,1-4H3,(H,49,50,51)(H,52,57,59)/t35-/m1/s1. The Morgan fingerprint density at radius 3 is 2.53 bits per heavy atom.